The van der Waals surface area contributed by atoms with Crippen molar-refractivity contribution in [2.75, 3.05) is 0 Å². The molecule has 0 fully saturated rings. The van der Waals surface area contributed by atoms with E-state index in [2.05, 4.69) is 13.8 Å². The Morgan fingerprint density at radius 2 is 1.04 bits per heavy atom. The number of unbranched alkanes of at least 4 members (excludes halogenated alkanes) is 8. The van der Waals surface area contributed by atoms with E-state index in [1.165, 1.54) is 12.1 Å². The summed E-state index contributed by atoms with van der Waals surface area (Å²) in [5, 5.41) is 21.7. The van der Waals surface area contributed by atoms with Crippen LogP contribution < -0.4 is 14.6 Å². The molecule has 0 radical (unpaired) electrons. The second-order valence-electron chi connectivity index (χ2n) is 11.9. The van der Waals surface area contributed by atoms with Crippen LogP contribution in [0.25, 0.3) is 0 Å². The average Bonchev–Trinajstić information content (AvgIpc) is 3.06. The number of benzene rings is 4. The first-order valence-corrected chi connectivity index (χ1v) is 19.8. The minimum absolute atomic E-state index is 0. The van der Waals surface area contributed by atoms with Gasteiger partial charge in [0.15, 0.2) is 0 Å². The molecular formula is C38H46CaO10S2. The van der Waals surface area contributed by atoms with Gasteiger partial charge < -0.3 is 24.2 Å². The molecule has 51 heavy (non-hydrogen) atoms. The molecule has 0 heterocycles. The van der Waals surface area contributed by atoms with Crippen LogP contribution in [0.2, 0.25) is 0 Å². The van der Waals surface area contributed by atoms with Crippen LogP contribution in [0, 0.1) is 0 Å². The third-order valence-electron chi connectivity index (χ3n) is 7.84. The van der Waals surface area contributed by atoms with Gasteiger partial charge in [0.1, 0.15) is 43.8 Å². The normalized spacial score (nSPS) is 11.2. The number of phenols is 1. The van der Waals surface area contributed by atoms with E-state index in [-0.39, 0.29) is 65.4 Å². The summed E-state index contributed by atoms with van der Waals surface area (Å²) in [6, 6.07) is 22.2. The summed E-state index contributed by atoms with van der Waals surface area (Å²) in [5.74, 6) is 0.567. The summed E-state index contributed by atoms with van der Waals surface area (Å²) < 4.78 is 79.3. The van der Waals surface area contributed by atoms with E-state index in [0.717, 1.165) is 76.3 Å². The van der Waals surface area contributed by atoms with E-state index in [4.69, 9.17) is 9.47 Å². The van der Waals surface area contributed by atoms with Crippen molar-refractivity contribution in [3.8, 4) is 34.5 Å². The Bertz CT molecular complexity index is 1710. The largest absolute Gasteiger partial charge is 2.00 e. The monoisotopic (exact) mass is 766 g/mol. The van der Waals surface area contributed by atoms with Gasteiger partial charge in [0.05, 0.1) is 4.90 Å². The first kappa shape index (κ1) is 44.3. The number of ether oxygens (including phenoxy) is 2. The molecule has 4 aromatic rings. The van der Waals surface area contributed by atoms with Gasteiger partial charge in [-0.3, -0.25) is 4.55 Å². The molecule has 0 saturated heterocycles. The number of aromatic hydroxyl groups is 1. The quantitative estimate of drug-likeness (QED) is 0.0568. The van der Waals surface area contributed by atoms with Crippen molar-refractivity contribution in [2.24, 2.45) is 0 Å². The zero-order valence-electron chi connectivity index (χ0n) is 29.3. The second kappa shape index (κ2) is 22.3. The molecular weight excluding hydrogens is 721 g/mol. The van der Waals surface area contributed by atoms with Gasteiger partial charge in [0.25, 0.3) is 10.1 Å². The summed E-state index contributed by atoms with van der Waals surface area (Å²) in [4.78, 5) is -0.768. The topological polar surface area (TPSA) is 173 Å². The smallest absolute Gasteiger partial charge is 0.872 e. The van der Waals surface area contributed by atoms with E-state index in [1.54, 1.807) is 48.5 Å². The zero-order chi connectivity index (χ0) is 36.6. The molecule has 4 aromatic carbocycles. The van der Waals surface area contributed by atoms with Crippen molar-refractivity contribution in [1.29, 1.82) is 0 Å². The maximum Gasteiger partial charge on any atom is 2.00 e. The summed E-state index contributed by atoms with van der Waals surface area (Å²) in [6.45, 7) is 4.24. The Balaban J connectivity index is 0.000000347. The Kier molecular flexibility index (Phi) is 19.4. The first-order chi connectivity index (χ1) is 23.8. The molecule has 0 aliphatic carbocycles. The van der Waals surface area contributed by atoms with E-state index in [9.17, 15) is 36.2 Å². The van der Waals surface area contributed by atoms with Crippen LogP contribution >= 0.6 is 0 Å². The van der Waals surface area contributed by atoms with Crippen molar-refractivity contribution < 1.29 is 45.6 Å². The van der Waals surface area contributed by atoms with Crippen molar-refractivity contribution in [3.05, 3.63) is 96.1 Å². The van der Waals surface area contributed by atoms with Crippen LogP contribution in [0.3, 0.4) is 0 Å². The third kappa shape index (κ3) is 15.3. The molecule has 0 aliphatic rings. The molecule has 0 unspecified atom stereocenters. The summed E-state index contributed by atoms with van der Waals surface area (Å²) in [7, 11) is -9.21. The average molecular weight is 767 g/mol. The van der Waals surface area contributed by atoms with Crippen LogP contribution in [0.1, 0.15) is 89.2 Å². The molecule has 0 saturated carbocycles. The minimum Gasteiger partial charge on any atom is -0.872 e. The SMILES string of the molecule is CCCCCCCc1c(Oc2ccccc2)cc(O)cc1S(=O)(=O)O.CCCCCCCc1c(Oc2ccccc2)cc([O-])cc1S(=O)(=O)[O-].[Ca+2]. The van der Waals surface area contributed by atoms with Crippen LogP contribution in [0.15, 0.2) is 94.7 Å². The van der Waals surface area contributed by atoms with E-state index < -0.39 is 30.9 Å². The van der Waals surface area contributed by atoms with Crippen molar-refractivity contribution in [2.45, 2.75) is 101 Å². The van der Waals surface area contributed by atoms with Gasteiger partial charge in [-0.25, -0.2) is 8.42 Å². The molecule has 0 amide bonds. The number of hydrogen-bond acceptors (Lipinski definition) is 9. The predicted octanol–water partition coefficient (Wildman–Crippen LogP) is 8.53. The maximum absolute atomic E-state index is 11.8. The number of rotatable bonds is 18. The van der Waals surface area contributed by atoms with Crippen molar-refractivity contribution in [1.82, 2.24) is 0 Å². The van der Waals surface area contributed by atoms with Crippen LogP contribution in [-0.4, -0.2) is 68.8 Å². The molecule has 10 nitrogen and oxygen atoms in total. The number of phenolic OH excluding ortho intramolecular Hbond substituents is 1. The fourth-order valence-electron chi connectivity index (χ4n) is 5.37. The molecule has 4 rings (SSSR count). The zero-order valence-corrected chi connectivity index (χ0v) is 33.1. The Labute approximate surface area is 332 Å². The maximum atomic E-state index is 11.8. The first-order valence-electron chi connectivity index (χ1n) is 16.9. The Morgan fingerprint density at radius 3 is 1.47 bits per heavy atom. The van der Waals surface area contributed by atoms with Gasteiger partial charge in [-0.15, -0.1) is 5.75 Å². The van der Waals surface area contributed by atoms with Gasteiger partial charge in [0.2, 0.25) is 0 Å². The second-order valence-corrected chi connectivity index (χ2v) is 14.6. The Hall–Kier alpha value is -2.84. The van der Waals surface area contributed by atoms with Crippen molar-refractivity contribution >= 4 is 58.0 Å². The third-order valence-corrected chi connectivity index (χ3v) is 9.67. The van der Waals surface area contributed by atoms with Gasteiger partial charge in [0, 0.05) is 23.3 Å². The molecule has 2 N–H and O–H groups in total. The van der Waals surface area contributed by atoms with Gasteiger partial charge >= 0.3 is 37.7 Å². The molecule has 272 valence electrons. The molecule has 13 heteroatoms. The molecule has 0 bridgehead atoms. The number of para-hydroxylation sites is 2. The number of hydrogen-bond donors (Lipinski definition) is 2. The standard InChI is InChI=1S/2C19H24O5S.Ca/c2*1-2-3-4-5-9-12-17-18(24-16-10-7-6-8-11-16)13-15(20)14-19(17)25(21,22)23;/h2*6-8,10-11,13-14,20H,2-5,9,12H2,1H3,(H,21,22,23);/q;;+2/p-2. The Morgan fingerprint density at radius 1 is 0.608 bits per heavy atom. The van der Waals surface area contributed by atoms with Gasteiger partial charge in [-0.1, -0.05) is 108 Å². The summed E-state index contributed by atoms with van der Waals surface area (Å²) >= 11 is 0. The molecule has 0 atom stereocenters. The molecule has 0 aromatic heterocycles. The summed E-state index contributed by atoms with van der Waals surface area (Å²) in [6.07, 6.45) is 10.8. The van der Waals surface area contributed by atoms with E-state index >= 15 is 0 Å². The van der Waals surface area contributed by atoms with Gasteiger partial charge in [-0.2, -0.15) is 8.42 Å². The van der Waals surface area contributed by atoms with E-state index in [0.29, 0.717) is 29.9 Å². The fourth-order valence-corrected chi connectivity index (χ4v) is 6.92. The van der Waals surface area contributed by atoms with Crippen molar-refractivity contribution in [3.63, 3.8) is 0 Å². The van der Waals surface area contributed by atoms with Gasteiger partial charge in [-0.05, 0) is 56.0 Å². The minimum atomic E-state index is -4.75. The van der Waals surface area contributed by atoms with Crippen LogP contribution in [0.4, 0.5) is 0 Å². The molecule has 0 aliphatic heterocycles. The summed E-state index contributed by atoms with van der Waals surface area (Å²) in [5.41, 5.74) is 0.676. The fraction of sp³-hybridized carbons (Fsp3) is 0.368. The van der Waals surface area contributed by atoms with Crippen LogP contribution in [-0.2, 0) is 33.1 Å². The molecule has 0 spiro atoms. The van der Waals surface area contributed by atoms with E-state index in [1.807, 2.05) is 12.1 Å². The predicted molar refractivity (Wildman–Crippen MR) is 195 cm³/mol. The van der Waals surface area contributed by atoms with Crippen LogP contribution in [0.5, 0.6) is 34.5 Å².